The van der Waals surface area contributed by atoms with Crippen LogP contribution in [0, 0.1) is 11.3 Å². The summed E-state index contributed by atoms with van der Waals surface area (Å²) in [6, 6.07) is 0. The second-order valence-electron chi connectivity index (χ2n) is 6.33. The van der Waals surface area contributed by atoms with Crippen LogP contribution in [0.1, 0.15) is 52.9 Å². The first kappa shape index (κ1) is 14.0. The Kier molecular flexibility index (Phi) is 5.77. The Morgan fingerprint density at radius 2 is 1.75 bits per heavy atom. The number of nitrogens with zero attached hydrogens (tertiary/aromatic N) is 1. The zero-order valence-corrected chi connectivity index (χ0v) is 11.5. The van der Waals surface area contributed by atoms with Gasteiger partial charge in [0.25, 0.3) is 0 Å². The van der Waals surface area contributed by atoms with E-state index in [1.165, 1.54) is 51.7 Å². The van der Waals surface area contributed by atoms with E-state index in [2.05, 4.69) is 25.7 Å². The van der Waals surface area contributed by atoms with E-state index in [1.54, 1.807) is 0 Å². The average Bonchev–Trinajstić information content (AvgIpc) is 2.67. The van der Waals surface area contributed by atoms with Gasteiger partial charge in [0.15, 0.2) is 0 Å². The van der Waals surface area contributed by atoms with Crippen molar-refractivity contribution >= 4 is 0 Å². The minimum absolute atomic E-state index is 0.421. The van der Waals surface area contributed by atoms with Crippen molar-refractivity contribution in [2.45, 2.75) is 52.9 Å². The van der Waals surface area contributed by atoms with E-state index >= 15 is 0 Å². The fraction of sp³-hybridized carbons (Fsp3) is 1.00. The highest BCUT2D eigenvalue weighted by Gasteiger charge is 2.23. The number of hydrogen-bond acceptors (Lipinski definition) is 2. The zero-order chi connectivity index (χ0) is 12.0. The number of likely N-dealkylation sites (tertiary alicyclic amines) is 1. The maximum atomic E-state index is 5.71. The Morgan fingerprint density at radius 1 is 1.12 bits per heavy atom. The Balaban J connectivity index is 2.21. The third-order valence-corrected chi connectivity index (χ3v) is 3.97. The first-order valence-electron chi connectivity index (χ1n) is 6.96. The van der Waals surface area contributed by atoms with Crippen molar-refractivity contribution < 1.29 is 0 Å². The van der Waals surface area contributed by atoms with E-state index < -0.39 is 0 Å². The van der Waals surface area contributed by atoms with Crippen LogP contribution in [0.25, 0.3) is 0 Å². The number of hydrogen-bond donors (Lipinski definition) is 1. The summed E-state index contributed by atoms with van der Waals surface area (Å²) in [5, 5.41) is 0. The molecule has 0 aliphatic carbocycles. The Labute approximate surface area is 102 Å². The van der Waals surface area contributed by atoms with Crippen molar-refractivity contribution in [1.82, 2.24) is 4.90 Å². The largest absolute Gasteiger partial charge is 0.330 e. The molecule has 2 nitrogen and oxygen atoms in total. The smallest absolute Gasteiger partial charge is 0.00183 e. The van der Waals surface area contributed by atoms with E-state index in [9.17, 15) is 0 Å². The molecular weight excluding hydrogens is 196 g/mol. The maximum absolute atomic E-state index is 5.71. The Hall–Kier alpha value is -0.0800. The van der Waals surface area contributed by atoms with Crippen LogP contribution >= 0.6 is 0 Å². The minimum atomic E-state index is 0.421. The van der Waals surface area contributed by atoms with Gasteiger partial charge in [-0.2, -0.15) is 0 Å². The van der Waals surface area contributed by atoms with Crippen LogP contribution in [0.5, 0.6) is 0 Å². The molecule has 0 aromatic rings. The molecule has 1 fully saturated rings. The van der Waals surface area contributed by atoms with E-state index in [4.69, 9.17) is 5.73 Å². The summed E-state index contributed by atoms with van der Waals surface area (Å²) in [6.45, 7) is 11.9. The summed E-state index contributed by atoms with van der Waals surface area (Å²) in [6.07, 6.45) is 6.69. The average molecular weight is 226 g/mol. The van der Waals surface area contributed by atoms with Crippen LogP contribution in [0.2, 0.25) is 0 Å². The van der Waals surface area contributed by atoms with Gasteiger partial charge in [-0.05, 0) is 69.6 Å². The molecule has 2 N–H and O–H groups in total. The van der Waals surface area contributed by atoms with E-state index in [-0.39, 0.29) is 0 Å². The fourth-order valence-electron chi connectivity index (χ4n) is 2.78. The van der Waals surface area contributed by atoms with Gasteiger partial charge in [-0.3, -0.25) is 0 Å². The van der Waals surface area contributed by atoms with E-state index in [0.29, 0.717) is 5.41 Å². The first-order chi connectivity index (χ1) is 7.54. The second-order valence-corrected chi connectivity index (χ2v) is 6.33. The molecule has 0 aromatic heterocycles. The summed E-state index contributed by atoms with van der Waals surface area (Å²) in [5.74, 6) is 0.792. The standard InChI is InChI=1S/C14H30N2/c1-14(2,3)13(8-9-15)7-6-12-16-10-4-5-11-16/h13H,4-12,15H2,1-3H3. The lowest BCUT2D eigenvalue weighted by atomic mass is 9.76. The molecule has 0 bridgehead atoms. The summed E-state index contributed by atoms with van der Waals surface area (Å²) >= 11 is 0. The molecule has 0 saturated carbocycles. The Bertz CT molecular complexity index is 178. The highest BCUT2D eigenvalue weighted by molar-refractivity contribution is 4.75. The van der Waals surface area contributed by atoms with Gasteiger partial charge in [-0.25, -0.2) is 0 Å². The highest BCUT2D eigenvalue weighted by atomic mass is 15.1. The van der Waals surface area contributed by atoms with Crippen molar-refractivity contribution in [3.8, 4) is 0 Å². The lowest BCUT2D eigenvalue weighted by Crippen LogP contribution is -2.26. The van der Waals surface area contributed by atoms with Gasteiger partial charge in [0.1, 0.15) is 0 Å². The lowest BCUT2D eigenvalue weighted by Gasteiger charge is -2.31. The fourth-order valence-corrected chi connectivity index (χ4v) is 2.78. The minimum Gasteiger partial charge on any atom is -0.330 e. The van der Waals surface area contributed by atoms with Crippen molar-refractivity contribution in [2.24, 2.45) is 17.1 Å². The molecule has 1 aliphatic rings. The molecule has 1 rings (SSSR count). The van der Waals surface area contributed by atoms with Crippen molar-refractivity contribution in [1.29, 1.82) is 0 Å². The van der Waals surface area contributed by atoms with Crippen LogP contribution in [0.15, 0.2) is 0 Å². The van der Waals surface area contributed by atoms with Crippen molar-refractivity contribution in [3.63, 3.8) is 0 Å². The zero-order valence-electron chi connectivity index (χ0n) is 11.5. The van der Waals surface area contributed by atoms with Crippen LogP contribution in [0.3, 0.4) is 0 Å². The quantitative estimate of drug-likeness (QED) is 0.754. The molecule has 16 heavy (non-hydrogen) atoms. The molecule has 0 radical (unpaired) electrons. The maximum Gasteiger partial charge on any atom is -0.00183 e. The van der Waals surface area contributed by atoms with Crippen LogP contribution in [0.4, 0.5) is 0 Å². The SMILES string of the molecule is CC(C)(C)C(CCN)CCCN1CCCC1. The van der Waals surface area contributed by atoms with Gasteiger partial charge in [0.05, 0.1) is 0 Å². The molecular formula is C14H30N2. The third-order valence-electron chi connectivity index (χ3n) is 3.97. The third kappa shape index (κ3) is 4.84. The predicted octanol–water partition coefficient (Wildman–Crippen LogP) is 2.87. The molecule has 2 heteroatoms. The van der Waals surface area contributed by atoms with Gasteiger partial charge in [0.2, 0.25) is 0 Å². The van der Waals surface area contributed by atoms with Gasteiger partial charge < -0.3 is 10.6 Å². The topological polar surface area (TPSA) is 29.3 Å². The van der Waals surface area contributed by atoms with Crippen LogP contribution < -0.4 is 5.73 Å². The summed E-state index contributed by atoms with van der Waals surface area (Å²) < 4.78 is 0. The molecule has 0 aromatic carbocycles. The number of nitrogens with two attached hydrogens (primary N) is 1. The predicted molar refractivity (Wildman–Crippen MR) is 71.5 cm³/mol. The summed E-state index contributed by atoms with van der Waals surface area (Å²) in [7, 11) is 0. The van der Waals surface area contributed by atoms with E-state index in [0.717, 1.165) is 12.5 Å². The van der Waals surface area contributed by atoms with Crippen molar-refractivity contribution in [3.05, 3.63) is 0 Å². The molecule has 0 amide bonds. The lowest BCUT2D eigenvalue weighted by molar-refractivity contribution is 0.200. The van der Waals surface area contributed by atoms with Gasteiger partial charge in [-0.15, -0.1) is 0 Å². The van der Waals surface area contributed by atoms with Gasteiger partial charge in [-0.1, -0.05) is 20.8 Å². The monoisotopic (exact) mass is 226 g/mol. The first-order valence-corrected chi connectivity index (χ1v) is 6.96. The van der Waals surface area contributed by atoms with Crippen LogP contribution in [-0.4, -0.2) is 31.1 Å². The molecule has 1 heterocycles. The summed E-state index contributed by atoms with van der Waals surface area (Å²) in [5.41, 5.74) is 6.13. The molecule has 1 saturated heterocycles. The van der Waals surface area contributed by atoms with E-state index in [1.807, 2.05) is 0 Å². The highest BCUT2D eigenvalue weighted by Crippen LogP contribution is 2.32. The second kappa shape index (κ2) is 6.61. The molecule has 1 atom stereocenters. The van der Waals surface area contributed by atoms with Gasteiger partial charge >= 0.3 is 0 Å². The summed E-state index contributed by atoms with van der Waals surface area (Å²) in [4.78, 5) is 2.61. The Morgan fingerprint density at radius 3 is 2.25 bits per heavy atom. The van der Waals surface area contributed by atoms with Crippen LogP contribution in [-0.2, 0) is 0 Å². The molecule has 1 aliphatic heterocycles. The normalized spacial score (nSPS) is 20.2. The van der Waals surface area contributed by atoms with Gasteiger partial charge in [0, 0.05) is 0 Å². The number of rotatable bonds is 6. The molecule has 96 valence electrons. The van der Waals surface area contributed by atoms with Crippen molar-refractivity contribution in [2.75, 3.05) is 26.2 Å². The molecule has 1 unspecified atom stereocenters. The molecule has 0 spiro atoms.